The van der Waals surface area contributed by atoms with Crippen LogP contribution in [-0.4, -0.2) is 54.9 Å². The van der Waals surface area contributed by atoms with Gasteiger partial charge in [0.1, 0.15) is 0 Å². The fraction of sp³-hybridized carbons (Fsp3) is 0.800. The molecule has 1 saturated heterocycles. The van der Waals surface area contributed by atoms with Crippen LogP contribution in [0.3, 0.4) is 0 Å². The maximum atomic E-state index is 11.2. The normalized spacial score (nSPS) is 19.6. The number of nitrogens with zero attached hydrogens (tertiary/aromatic N) is 1. The van der Waals surface area contributed by atoms with E-state index in [1.807, 2.05) is 20.9 Å². The molecule has 0 spiro atoms. The minimum atomic E-state index is -0.345. The van der Waals surface area contributed by atoms with Gasteiger partial charge in [-0.3, -0.25) is 9.69 Å². The average molecular weight is 299 g/mol. The molecule has 1 unspecified atom stereocenters. The lowest BCUT2D eigenvalue weighted by Crippen LogP contribution is -2.42. The summed E-state index contributed by atoms with van der Waals surface area (Å²) in [6, 6.07) is 0. The third-order valence-corrected chi connectivity index (χ3v) is 3.95. The van der Waals surface area contributed by atoms with Crippen molar-refractivity contribution in [3.63, 3.8) is 0 Å². The molecule has 4 nitrogen and oxygen atoms in total. The number of carbonyl (C=O) groups excluding carboxylic acids is 1. The molecule has 1 fully saturated rings. The van der Waals surface area contributed by atoms with Crippen LogP contribution in [0.15, 0.2) is 0 Å². The van der Waals surface area contributed by atoms with Gasteiger partial charge in [-0.15, -0.1) is 0 Å². The number of ether oxygens (including phenoxy) is 2. The quantitative estimate of drug-likeness (QED) is 0.727. The Balaban J connectivity index is 2.33. The first-order valence-corrected chi connectivity index (χ1v) is 8.24. The highest BCUT2D eigenvalue weighted by atomic mass is 32.2. The highest BCUT2D eigenvalue weighted by Crippen LogP contribution is 2.15. The van der Waals surface area contributed by atoms with Crippen LogP contribution in [0.4, 0.5) is 0 Å². The molecule has 5 heteroatoms. The number of thioether (sulfide) groups is 1. The van der Waals surface area contributed by atoms with E-state index in [2.05, 4.69) is 16.7 Å². The second-order valence-corrected chi connectivity index (χ2v) is 6.17. The summed E-state index contributed by atoms with van der Waals surface area (Å²) in [7, 11) is 1.99. The maximum absolute atomic E-state index is 11.2. The fourth-order valence-electron chi connectivity index (χ4n) is 1.79. The summed E-state index contributed by atoms with van der Waals surface area (Å²) < 4.78 is 11.2. The second kappa shape index (κ2) is 8.68. The predicted octanol–water partition coefficient (Wildman–Crippen LogP) is 2.13. The molecule has 0 bridgehead atoms. The standard InChI is InChI=1S/C15H25NO3S/c1-15(2,9-8-13(17)20-4)16(3)10-12-19-14-7-5-6-11-18-14/h14H,5-7,10-12H2,1-4H3. The topological polar surface area (TPSA) is 38.8 Å². The van der Waals surface area contributed by atoms with Gasteiger partial charge in [-0.05, 0) is 52.3 Å². The first kappa shape index (κ1) is 17.5. The molecule has 114 valence electrons. The Kier molecular flexibility index (Phi) is 7.60. The van der Waals surface area contributed by atoms with Crippen molar-refractivity contribution in [2.45, 2.75) is 44.9 Å². The van der Waals surface area contributed by atoms with Crippen LogP contribution >= 0.6 is 11.8 Å². The first-order valence-electron chi connectivity index (χ1n) is 7.01. The van der Waals surface area contributed by atoms with Crippen molar-refractivity contribution in [1.82, 2.24) is 4.90 Å². The Morgan fingerprint density at radius 1 is 1.50 bits per heavy atom. The third kappa shape index (κ3) is 6.27. The van der Waals surface area contributed by atoms with E-state index in [0.717, 1.165) is 37.8 Å². The Bertz CT molecular complexity index is 367. The van der Waals surface area contributed by atoms with Gasteiger partial charge in [0.05, 0.1) is 12.1 Å². The van der Waals surface area contributed by atoms with Gasteiger partial charge in [-0.1, -0.05) is 17.7 Å². The van der Waals surface area contributed by atoms with Crippen LogP contribution in [0.1, 0.15) is 33.1 Å². The molecule has 0 aromatic rings. The predicted molar refractivity (Wildman–Crippen MR) is 82.6 cm³/mol. The van der Waals surface area contributed by atoms with Crippen molar-refractivity contribution >= 4 is 16.9 Å². The van der Waals surface area contributed by atoms with Crippen molar-refractivity contribution in [2.24, 2.45) is 0 Å². The van der Waals surface area contributed by atoms with Crippen LogP contribution in [0.25, 0.3) is 0 Å². The molecule has 1 aliphatic heterocycles. The lowest BCUT2D eigenvalue weighted by atomic mass is 10.0. The molecule has 0 aromatic carbocycles. The Hall–Kier alpha value is -0.540. The molecule has 1 atom stereocenters. The van der Waals surface area contributed by atoms with E-state index >= 15 is 0 Å². The van der Waals surface area contributed by atoms with Crippen molar-refractivity contribution in [3.8, 4) is 11.8 Å². The molecule has 0 radical (unpaired) electrons. The SMILES string of the molecule is CSC(=O)C#CC(C)(C)N(C)CCOC1CCCCO1. The van der Waals surface area contributed by atoms with E-state index < -0.39 is 0 Å². The number of carbonyl (C=O) groups is 1. The van der Waals surface area contributed by atoms with E-state index in [0.29, 0.717) is 6.61 Å². The average Bonchev–Trinajstić information content (AvgIpc) is 2.45. The zero-order chi connectivity index (χ0) is 15.0. The summed E-state index contributed by atoms with van der Waals surface area (Å²) in [5.41, 5.74) is -0.345. The van der Waals surface area contributed by atoms with Gasteiger partial charge in [-0.2, -0.15) is 0 Å². The summed E-state index contributed by atoms with van der Waals surface area (Å²) in [5.74, 6) is 5.68. The highest BCUT2D eigenvalue weighted by Gasteiger charge is 2.21. The smallest absolute Gasteiger partial charge is 0.262 e. The van der Waals surface area contributed by atoms with Gasteiger partial charge in [0.2, 0.25) is 0 Å². The molecule has 0 aromatic heterocycles. The monoisotopic (exact) mass is 299 g/mol. The Labute approximate surface area is 126 Å². The minimum Gasteiger partial charge on any atom is -0.353 e. The summed E-state index contributed by atoms with van der Waals surface area (Å²) in [4.78, 5) is 13.3. The van der Waals surface area contributed by atoms with Gasteiger partial charge >= 0.3 is 0 Å². The van der Waals surface area contributed by atoms with Crippen LogP contribution in [-0.2, 0) is 14.3 Å². The number of rotatable bonds is 5. The second-order valence-electron chi connectivity index (χ2n) is 5.39. The van der Waals surface area contributed by atoms with E-state index in [1.54, 1.807) is 6.26 Å². The maximum Gasteiger partial charge on any atom is 0.262 e. The molecule has 0 amide bonds. The fourth-order valence-corrected chi connectivity index (χ4v) is 1.95. The molecular weight excluding hydrogens is 274 g/mol. The molecular formula is C15H25NO3S. The minimum absolute atomic E-state index is 0.0515. The lowest BCUT2D eigenvalue weighted by molar-refractivity contribution is -0.164. The number of hydrogen-bond donors (Lipinski definition) is 0. The molecule has 1 rings (SSSR count). The van der Waals surface area contributed by atoms with Crippen LogP contribution in [0.5, 0.6) is 0 Å². The van der Waals surface area contributed by atoms with Gasteiger partial charge in [-0.25, -0.2) is 0 Å². The molecule has 0 saturated carbocycles. The van der Waals surface area contributed by atoms with Crippen molar-refractivity contribution in [3.05, 3.63) is 0 Å². The van der Waals surface area contributed by atoms with E-state index in [4.69, 9.17) is 9.47 Å². The van der Waals surface area contributed by atoms with Gasteiger partial charge in [0, 0.05) is 13.2 Å². The lowest BCUT2D eigenvalue weighted by Gasteiger charge is -2.31. The molecule has 20 heavy (non-hydrogen) atoms. The molecule has 0 N–H and O–H groups in total. The molecule has 1 aliphatic rings. The van der Waals surface area contributed by atoms with E-state index in [1.165, 1.54) is 6.42 Å². The first-order chi connectivity index (χ1) is 9.45. The van der Waals surface area contributed by atoms with Crippen molar-refractivity contribution < 1.29 is 14.3 Å². The molecule has 1 heterocycles. The van der Waals surface area contributed by atoms with E-state index in [-0.39, 0.29) is 16.9 Å². The van der Waals surface area contributed by atoms with E-state index in [9.17, 15) is 4.79 Å². The number of likely N-dealkylation sites (N-methyl/N-ethyl adjacent to an activating group) is 1. The largest absolute Gasteiger partial charge is 0.353 e. The van der Waals surface area contributed by atoms with Crippen LogP contribution in [0.2, 0.25) is 0 Å². The zero-order valence-electron chi connectivity index (χ0n) is 12.9. The Morgan fingerprint density at radius 2 is 2.25 bits per heavy atom. The Morgan fingerprint density at radius 3 is 2.85 bits per heavy atom. The summed E-state index contributed by atoms with van der Waals surface area (Å²) in [6.07, 6.45) is 4.98. The summed E-state index contributed by atoms with van der Waals surface area (Å²) in [6.45, 7) is 6.18. The highest BCUT2D eigenvalue weighted by molar-refractivity contribution is 8.13. The van der Waals surface area contributed by atoms with Crippen LogP contribution in [0, 0.1) is 11.8 Å². The molecule has 0 aliphatic carbocycles. The van der Waals surface area contributed by atoms with Gasteiger partial charge in [0.25, 0.3) is 5.12 Å². The summed E-state index contributed by atoms with van der Waals surface area (Å²) in [5, 5.41) is -0.0988. The zero-order valence-corrected chi connectivity index (χ0v) is 13.7. The van der Waals surface area contributed by atoms with Gasteiger partial charge in [0.15, 0.2) is 6.29 Å². The third-order valence-electron chi connectivity index (χ3n) is 3.48. The number of hydrogen-bond acceptors (Lipinski definition) is 5. The van der Waals surface area contributed by atoms with Gasteiger partial charge < -0.3 is 9.47 Å². The van der Waals surface area contributed by atoms with Crippen molar-refractivity contribution in [1.29, 1.82) is 0 Å². The van der Waals surface area contributed by atoms with Crippen LogP contribution < -0.4 is 0 Å². The summed E-state index contributed by atoms with van der Waals surface area (Å²) >= 11 is 1.14. The van der Waals surface area contributed by atoms with Crippen molar-refractivity contribution in [2.75, 3.05) is 33.1 Å².